The molecule has 2 rings (SSSR count). The number of carbonyl (C=O) groups is 1. The zero-order valence-electron chi connectivity index (χ0n) is 14.8. The van der Waals surface area contributed by atoms with Crippen molar-refractivity contribution in [3.8, 4) is 5.75 Å². The van der Waals surface area contributed by atoms with E-state index in [9.17, 15) is 4.79 Å². The quantitative estimate of drug-likeness (QED) is 0.836. The average molecular weight is 326 g/mol. The molecule has 0 heterocycles. The lowest BCUT2D eigenvalue weighted by Gasteiger charge is -2.23. The summed E-state index contributed by atoms with van der Waals surface area (Å²) < 4.78 is 5.41. The van der Waals surface area contributed by atoms with Crippen LogP contribution in [0.4, 0.5) is 10.5 Å². The molecule has 0 bridgehead atoms. The minimum absolute atomic E-state index is 0.0288. The average Bonchev–Trinajstić information content (AvgIpc) is 2.54. The lowest BCUT2D eigenvalue weighted by atomic mass is 9.86. The number of benzene rings is 2. The number of para-hydroxylation sites is 1. The van der Waals surface area contributed by atoms with Crippen molar-refractivity contribution < 1.29 is 9.53 Å². The van der Waals surface area contributed by atoms with Crippen LogP contribution in [0, 0.1) is 0 Å². The third kappa shape index (κ3) is 5.01. The second-order valence-corrected chi connectivity index (χ2v) is 6.68. The van der Waals surface area contributed by atoms with Crippen LogP contribution in [0.5, 0.6) is 5.75 Å². The molecule has 2 amide bonds. The van der Waals surface area contributed by atoms with Gasteiger partial charge >= 0.3 is 6.03 Å². The fourth-order valence-electron chi connectivity index (χ4n) is 2.47. The van der Waals surface area contributed by atoms with E-state index in [1.807, 2.05) is 55.5 Å². The predicted molar refractivity (Wildman–Crippen MR) is 98.6 cm³/mol. The lowest BCUT2D eigenvalue weighted by molar-refractivity contribution is 0.251. The first-order valence-electron chi connectivity index (χ1n) is 8.26. The van der Waals surface area contributed by atoms with E-state index in [1.54, 1.807) is 0 Å². The van der Waals surface area contributed by atoms with Crippen molar-refractivity contribution in [2.75, 3.05) is 11.9 Å². The second-order valence-electron chi connectivity index (χ2n) is 6.68. The van der Waals surface area contributed by atoms with Crippen LogP contribution < -0.4 is 15.4 Å². The Morgan fingerprint density at radius 2 is 1.71 bits per heavy atom. The number of anilines is 1. The summed E-state index contributed by atoms with van der Waals surface area (Å²) in [5.74, 6) is 0.838. The van der Waals surface area contributed by atoms with Crippen molar-refractivity contribution in [2.45, 2.75) is 39.7 Å². The molecule has 0 spiro atoms. The Balaban J connectivity index is 1.94. The summed E-state index contributed by atoms with van der Waals surface area (Å²) >= 11 is 0. The minimum atomic E-state index is -0.208. The van der Waals surface area contributed by atoms with Crippen LogP contribution in [0.3, 0.4) is 0 Å². The first-order valence-corrected chi connectivity index (χ1v) is 8.26. The molecule has 4 heteroatoms. The maximum atomic E-state index is 12.2. The normalized spacial score (nSPS) is 11.0. The molecule has 0 aromatic heterocycles. The van der Waals surface area contributed by atoms with Gasteiger partial charge in [0.05, 0.1) is 6.61 Å². The van der Waals surface area contributed by atoms with E-state index in [2.05, 4.69) is 31.4 Å². The monoisotopic (exact) mass is 326 g/mol. The Morgan fingerprint density at radius 1 is 1.04 bits per heavy atom. The first-order chi connectivity index (χ1) is 11.4. The third-order valence-electron chi connectivity index (χ3n) is 3.67. The maximum absolute atomic E-state index is 12.2. The highest BCUT2D eigenvalue weighted by Crippen LogP contribution is 2.29. The van der Waals surface area contributed by atoms with E-state index in [4.69, 9.17) is 4.74 Å². The standard InChI is InChI=1S/C20H26N2O2/c1-5-24-16-12-10-15(11-13-16)14-21-19(23)22-18-9-7-6-8-17(18)20(2,3)4/h6-13H,5,14H2,1-4H3,(H2,21,22,23). The van der Waals surface area contributed by atoms with Gasteiger partial charge in [-0.25, -0.2) is 4.79 Å². The molecule has 0 aliphatic carbocycles. The number of amides is 2. The number of nitrogens with one attached hydrogen (secondary N) is 2. The minimum Gasteiger partial charge on any atom is -0.494 e. The van der Waals surface area contributed by atoms with Gasteiger partial charge in [-0.2, -0.15) is 0 Å². The Bertz CT molecular complexity index is 673. The molecular formula is C20H26N2O2. The van der Waals surface area contributed by atoms with Crippen LogP contribution >= 0.6 is 0 Å². The van der Waals surface area contributed by atoms with Crippen molar-refractivity contribution in [1.29, 1.82) is 0 Å². The molecule has 24 heavy (non-hydrogen) atoms. The van der Waals surface area contributed by atoms with Crippen molar-refractivity contribution in [3.63, 3.8) is 0 Å². The van der Waals surface area contributed by atoms with Gasteiger partial charge in [0.2, 0.25) is 0 Å². The number of urea groups is 1. The smallest absolute Gasteiger partial charge is 0.319 e. The van der Waals surface area contributed by atoms with E-state index in [1.165, 1.54) is 0 Å². The highest BCUT2D eigenvalue weighted by atomic mass is 16.5. The van der Waals surface area contributed by atoms with E-state index in [0.29, 0.717) is 13.2 Å². The van der Waals surface area contributed by atoms with Gasteiger partial charge in [-0.15, -0.1) is 0 Å². The van der Waals surface area contributed by atoms with Crippen molar-refractivity contribution in [1.82, 2.24) is 5.32 Å². The molecule has 2 aromatic carbocycles. The SMILES string of the molecule is CCOc1ccc(CNC(=O)Nc2ccccc2C(C)(C)C)cc1. The summed E-state index contributed by atoms with van der Waals surface area (Å²) in [6.07, 6.45) is 0. The summed E-state index contributed by atoms with van der Waals surface area (Å²) in [6.45, 7) is 9.46. The zero-order chi connectivity index (χ0) is 17.6. The summed E-state index contributed by atoms with van der Waals surface area (Å²) in [5, 5.41) is 5.83. The molecule has 4 nitrogen and oxygen atoms in total. The Hall–Kier alpha value is -2.49. The second kappa shape index (κ2) is 7.86. The molecule has 0 unspecified atom stereocenters. The first kappa shape index (κ1) is 17.9. The van der Waals surface area contributed by atoms with Crippen LogP contribution in [0.2, 0.25) is 0 Å². The molecule has 0 aliphatic rings. The summed E-state index contributed by atoms with van der Waals surface area (Å²) in [4.78, 5) is 12.2. The molecule has 2 N–H and O–H groups in total. The van der Waals surface area contributed by atoms with E-state index in [-0.39, 0.29) is 11.4 Å². The molecule has 0 saturated heterocycles. The zero-order valence-corrected chi connectivity index (χ0v) is 14.8. The van der Waals surface area contributed by atoms with Crippen molar-refractivity contribution in [2.24, 2.45) is 0 Å². The molecule has 0 aliphatic heterocycles. The van der Waals surface area contributed by atoms with E-state index >= 15 is 0 Å². The summed E-state index contributed by atoms with van der Waals surface area (Å²) in [5.41, 5.74) is 2.95. The third-order valence-corrected chi connectivity index (χ3v) is 3.67. The van der Waals surface area contributed by atoms with Crippen molar-refractivity contribution in [3.05, 3.63) is 59.7 Å². The number of hydrogen-bond acceptors (Lipinski definition) is 2. The van der Waals surface area contributed by atoms with Crippen LogP contribution in [0.15, 0.2) is 48.5 Å². The molecular weight excluding hydrogens is 300 g/mol. The van der Waals surface area contributed by atoms with Crippen LogP contribution in [-0.2, 0) is 12.0 Å². The molecule has 0 fully saturated rings. The largest absolute Gasteiger partial charge is 0.494 e. The van der Waals surface area contributed by atoms with Crippen LogP contribution in [0.1, 0.15) is 38.8 Å². The van der Waals surface area contributed by atoms with Gasteiger partial charge in [0, 0.05) is 12.2 Å². The topological polar surface area (TPSA) is 50.4 Å². The van der Waals surface area contributed by atoms with E-state index in [0.717, 1.165) is 22.6 Å². The van der Waals surface area contributed by atoms with Gasteiger partial charge in [-0.1, -0.05) is 51.1 Å². The van der Waals surface area contributed by atoms with Gasteiger partial charge in [0.25, 0.3) is 0 Å². The van der Waals surface area contributed by atoms with Gasteiger partial charge in [0.15, 0.2) is 0 Å². The Kier molecular flexibility index (Phi) is 5.85. The Labute approximate surface area is 144 Å². The number of hydrogen-bond donors (Lipinski definition) is 2. The molecule has 2 aromatic rings. The lowest BCUT2D eigenvalue weighted by Crippen LogP contribution is -2.29. The van der Waals surface area contributed by atoms with Gasteiger partial charge < -0.3 is 15.4 Å². The Morgan fingerprint density at radius 3 is 2.33 bits per heavy atom. The van der Waals surface area contributed by atoms with Crippen LogP contribution in [-0.4, -0.2) is 12.6 Å². The van der Waals surface area contributed by atoms with Gasteiger partial charge in [-0.3, -0.25) is 0 Å². The highest BCUT2D eigenvalue weighted by molar-refractivity contribution is 5.90. The summed E-state index contributed by atoms with van der Waals surface area (Å²) in [7, 11) is 0. The van der Waals surface area contributed by atoms with Gasteiger partial charge in [-0.05, 0) is 41.7 Å². The summed E-state index contributed by atoms with van der Waals surface area (Å²) in [6, 6.07) is 15.4. The highest BCUT2D eigenvalue weighted by Gasteiger charge is 2.18. The fourth-order valence-corrected chi connectivity index (χ4v) is 2.47. The molecule has 0 radical (unpaired) electrons. The van der Waals surface area contributed by atoms with Gasteiger partial charge in [0.1, 0.15) is 5.75 Å². The number of rotatable bonds is 5. The van der Waals surface area contributed by atoms with Crippen molar-refractivity contribution >= 4 is 11.7 Å². The molecule has 0 atom stereocenters. The molecule has 0 saturated carbocycles. The van der Waals surface area contributed by atoms with E-state index < -0.39 is 0 Å². The number of ether oxygens (including phenoxy) is 1. The number of carbonyl (C=O) groups excluding carboxylic acids is 1. The predicted octanol–water partition coefficient (Wildman–Crippen LogP) is 4.70. The molecule has 128 valence electrons. The maximum Gasteiger partial charge on any atom is 0.319 e. The van der Waals surface area contributed by atoms with Crippen LogP contribution in [0.25, 0.3) is 0 Å². The fraction of sp³-hybridized carbons (Fsp3) is 0.350.